The molecule has 0 aliphatic heterocycles. The summed E-state index contributed by atoms with van der Waals surface area (Å²) in [5.41, 5.74) is 4.17. The molecule has 12 heavy (non-hydrogen) atoms. The smallest absolute Gasteiger partial charge is 0.0187 e. The Labute approximate surface area is 75.6 Å². The molecule has 0 nitrogen and oxygen atoms in total. The highest BCUT2D eigenvalue weighted by atomic mass is 14.1. The van der Waals surface area contributed by atoms with E-state index in [9.17, 15) is 0 Å². The summed E-state index contributed by atoms with van der Waals surface area (Å²) in [6.45, 7) is 10.5. The predicted molar refractivity (Wildman–Crippen MR) is 54.3 cm³/mol. The summed E-state index contributed by atoms with van der Waals surface area (Å²) in [6, 6.07) is 6.63. The standard InChI is InChI=1S/C12H17/c1-5-11-7-6-10(4)8-12(11)9(2)3/h6-9H,2,5H2,1,3-4H3. The average Bonchev–Trinajstić information content (AvgIpc) is 2.04. The van der Waals surface area contributed by atoms with Gasteiger partial charge >= 0.3 is 0 Å². The van der Waals surface area contributed by atoms with Crippen molar-refractivity contribution in [1.82, 2.24) is 0 Å². The van der Waals surface area contributed by atoms with E-state index in [0.29, 0.717) is 5.92 Å². The van der Waals surface area contributed by atoms with Crippen molar-refractivity contribution in [2.45, 2.75) is 33.1 Å². The average molecular weight is 161 g/mol. The summed E-state index contributed by atoms with van der Waals surface area (Å²) in [6.07, 6.45) is 1.11. The lowest BCUT2D eigenvalue weighted by Crippen LogP contribution is -1.95. The second-order valence-corrected chi connectivity index (χ2v) is 3.46. The summed E-state index contributed by atoms with van der Waals surface area (Å²) >= 11 is 0. The van der Waals surface area contributed by atoms with Gasteiger partial charge in [0.15, 0.2) is 0 Å². The van der Waals surface area contributed by atoms with Gasteiger partial charge in [0.2, 0.25) is 0 Å². The van der Waals surface area contributed by atoms with Crippen molar-refractivity contribution in [3.8, 4) is 0 Å². The van der Waals surface area contributed by atoms with Crippen molar-refractivity contribution in [2.75, 3.05) is 0 Å². The van der Waals surface area contributed by atoms with Crippen LogP contribution in [0.4, 0.5) is 0 Å². The maximum atomic E-state index is 4.06. The first-order chi connectivity index (χ1) is 5.65. The highest BCUT2D eigenvalue weighted by molar-refractivity contribution is 5.34. The first-order valence-electron chi connectivity index (χ1n) is 4.57. The Hall–Kier alpha value is -0.780. The second kappa shape index (κ2) is 3.75. The molecule has 0 saturated heterocycles. The Morgan fingerprint density at radius 3 is 2.58 bits per heavy atom. The van der Waals surface area contributed by atoms with E-state index in [0.717, 1.165) is 6.42 Å². The fourth-order valence-corrected chi connectivity index (χ4v) is 1.50. The van der Waals surface area contributed by atoms with Gasteiger partial charge < -0.3 is 0 Å². The third-order valence-electron chi connectivity index (χ3n) is 2.21. The van der Waals surface area contributed by atoms with Gasteiger partial charge in [-0.25, -0.2) is 0 Å². The van der Waals surface area contributed by atoms with E-state index in [4.69, 9.17) is 0 Å². The molecule has 0 aromatic heterocycles. The van der Waals surface area contributed by atoms with Crippen LogP contribution in [0, 0.1) is 13.8 Å². The van der Waals surface area contributed by atoms with Crippen molar-refractivity contribution in [3.63, 3.8) is 0 Å². The number of hydrogen-bond donors (Lipinski definition) is 0. The Bertz CT molecular complexity index is 259. The van der Waals surface area contributed by atoms with Crippen LogP contribution < -0.4 is 0 Å². The summed E-state index contributed by atoms with van der Waals surface area (Å²) in [5.74, 6) is 0.403. The Kier molecular flexibility index (Phi) is 2.91. The normalized spacial score (nSPS) is 10.8. The predicted octanol–water partition coefficient (Wildman–Crippen LogP) is 3.50. The lowest BCUT2D eigenvalue weighted by molar-refractivity contribution is 0.922. The third-order valence-corrected chi connectivity index (χ3v) is 2.21. The topological polar surface area (TPSA) is 0 Å². The lowest BCUT2D eigenvalue weighted by Gasteiger charge is -2.11. The van der Waals surface area contributed by atoms with Crippen LogP contribution in [0.15, 0.2) is 18.2 Å². The molecule has 0 aliphatic rings. The van der Waals surface area contributed by atoms with Gasteiger partial charge in [-0.3, -0.25) is 0 Å². The molecule has 1 rings (SSSR count). The molecule has 1 unspecified atom stereocenters. The Balaban J connectivity index is 3.12. The zero-order chi connectivity index (χ0) is 9.14. The summed E-state index contributed by atoms with van der Waals surface area (Å²) in [5, 5.41) is 0. The van der Waals surface area contributed by atoms with E-state index in [1.807, 2.05) is 0 Å². The van der Waals surface area contributed by atoms with Gasteiger partial charge in [0.05, 0.1) is 0 Å². The van der Waals surface area contributed by atoms with Crippen LogP contribution in [-0.4, -0.2) is 0 Å². The van der Waals surface area contributed by atoms with Crippen molar-refractivity contribution in [2.24, 2.45) is 0 Å². The molecule has 1 atom stereocenters. The van der Waals surface area contributed by atoms with E-state index >= 15 is 0 Å². The molecule has 1 aromatic rings. The first kappa shape index (κ1) is 9.31. The minimum atomic E-state index is 0.403. The number of hydrogen-bond acceptors (Lipinski definition) is 0. The maximum absolute atomic E-state index is 4.06. The van der Waals surface area contributed by atoms with Crippen molar-refractivity contribution < 1.29 is 0 Å². The molecule has 1 aromatic carbocycles. The van der Waals surface area contributed by atoms with Crippen LogP contribution in [0.1, 0.15) is 36.5 Å². The number of benzene rings is 1. The molecule has 0 fully saturated rings. The first-order valence-corrected chi connectivity index (χ1v) is 4.57. The molecular formula is C12H17. The van der Waals surface area contributed by atoms with Gasteiger partial charge in [0.25, 0.3) is 0 Å². The van der Waals surface area contributed by atoms with E-state index in [-0.39, 0.29) is 0 Å². The van der Waals surface area contributed by atoms with Crippen molar-refractivity contribution in [3.05, 3.63) is 41.8 Å². The van der Waals surface area contributed by atoms with Crippen LogP contribution in [0.5, 0.6) is 0 Å². The largest absolute Gasteiger partial charge is 0.0613 e. The van der Waals surface area contributed by atoms with Crippen LogP contribution in [-0.2, 0) is 6.42 Å². The molecule has 0 saturated carbocycles. The fraction of sp³-hybridized carbons (Fsp3) is 0.417. The van der Waals surface area contributed by atoms with Crippen LogP contribution in [0.2, 0.25) is 0 Å². The van der Waals surface area contributed by atoms with Crippen LogP contribution in [0.3, 0.4) is 0 Å². The van der Waals surface area contributed by atoms with Crippen LogP contribution in [0.25, 0.3) is 0 Å². The summed E-state index contributed by atoms with van der Waals surface area (Å²) in [4.78, 5) is 0. The molecule has 0 heterocycles. The van der Waals surface area contributed by atoms with Gasteiger partial charge in [-0.1, -0.05) is 37.6 Å². The maximum Gasteiger partial charge on any atom is -0.0187 e. The minimum Gasteiger partial charge on any atom is -0.0613 e. The van der Waals surface area contributed by atoms with E-state index < -0.39 is 0 Å². The molecule has 65 valence electrons. The van der Waals surface area contributed by atoms with E-state index in [2.05, 4.69) is 45.9 Å². The SMILES string of the molecule is [CH2]C(C)c1cc(C)ccc1CC. The number of rotatable bonds is 2. The number of aryl methyl sites for hydroxylation is 2. The highest BCUT2D eigenvalue weighted by Crippen LogP contribution is 2.20. The molecule has 0 amide bonds. The van der Waals surface area contributed by atoms with Gasteiger partial charge in [-0.15, -0.1) is 0 Å². The fourth-order valence-electron chi connectivity index (χ4n) is 1.50. The quantitative estimate of drug-likeness (QED) is 0.622. The van der Waals surface area contributed by atoms with Crippen LogP contribution >= 0.6 is 0 Å². The second-order valence-electron chi connectivity index (χ2n) is 3.46. The van der Waals surface area contributed by atoms with Gasteiger partial charge in [0.1, 0.15) is 0 Å². The Morgan fingerprint density at radius 1 is 1.42 bits per heavy atom. The molecule has 0 aliphatic carbocycles. The van der Waals surface area contributed by atoms with Gasteiger partial charge in [-0.2, -0.15) is 0 Å². The molecule has 0 bridgehead atoms. The van der Waals surface area contributed by atoms with Crippen molar-refractivity contribution in [1.29, 1.82) is 0 Å². The van der Waals surface area contributed by atoms with E-state index in [1.54, 1.807) is 0 Å². The Morgan fingerprint density at radius 2 is 2.08 bits per heavy atom. The molecular weight excluding hydrogens is 144 g/mol. The molecule has 0 heteroatoms. The summed E-state index contributed by atoms with van der Waals surface area (Å²) < 4.78 is 0. The van der Waals surface area contributed by atoms with Gasteiger partial charge in [0, 0.05) is 0 Å². The highest BCUT2D eigenvalue weighted by Gasteiger charge is 2.04. The molecule has 0 spiro atoms. The summed E-state index contributed by atoms with van der Waals surface area (Å²) in [7, 11) is 0. The van der Waals surface area contributed by atoms with Gasteiger partial charge in [-0.05, 0) is 37.3 Å². The molecule has 0 N–H and O–H groups in total. The lowest BCUT2D eigenvalue weighted by atomic mass is 9.94. The minimum absolute atomic E-state index is 0.403. The zero-order valence-electron chi connectivity index (χ0n) is 8.22. The van der Waals surface area contributed by atoms with Crippen molar-refractivity contribution >= 4 is 0 Å². The van der Waals surface area contributed by atoms with E-state index in [1.165, 1.54) is 16.7 Å². The monoisotopic (exact) mass is 161 g/mol. The zero-order valence-corrected chi connectivity index (χ0v) is 8.22. The molecule has 1 radical (unpaired) electrons. The third kappa shape index (κ3) is 1.88.